The average Bonchev–Trinajstić information content (AvgIpc) is 3.15. The Balaban J connectivity index is 1.54. The minimum atomic E-state index is 0.541. The van der Waals surface area contributed by atoms with E-state index in [2.05, 4.69) is 10.6 Å². The Hall–Kier alpha value is -2.95. The Bertz CT molecular complexity index is 1260. The van der Waals surface area contributed by atoms with E-state index in [0.29, 0.717) is 16.7 Å². The molecule has 0 unspecified atom stereocenters. The van der Waals surface area contributed by atoms with Crippen LogP contribution in [0.2, 0.25) is 10.0 Å². The van der Waals surface area contributed by atoms with E-state index in [4.69, 9.17) is 37.7 Å². The smallest absolute Gasteiger partial charge is 0.161 e. The first kappa shape index (κ1) is 22.3. The Kier molecular flexibility index (Phi) is 7.03. The maximum absolute atomic E-state index is 6.49. The van der Waals surface area contributed by atoms with Gasteiger partial charge in [0.1, 0.15) is 5.82 Å². The van der Waals surface area contributed by atoms with Crippen molar-refractivity contribution in [3.05, 3.63) is 82.3 Å². The van der Waals surface area contributed by atoms with E-state index in [1.165, 1.54) is 0 Å². The van der Waals surface area contributed by atoms with Gasteiger partial charge in [0.05, 0.1) is 29.8 Å². The van der Waals surface area contributed by atoms with Gasteiger partial charge in [0.2, 0.25) is 0 Å². The maximum Gasteiger partial charge on any atom is 0.161 e. The van der Waals surface area contributed by atoms with Gasteiger partial charge < -0.3 is 14.0 Å². The topological polar surface area (TPSA) is 36.3 Å². The maximum atomic E-state index is 6.49. The molecule has 1 aromatic heterocycles. The van der Waals surface area contributed by atoms with Crippen LogP contribution in [0.3, 0.4) is 0 Å². The molecule has 0 fully saturated rings. The molecule has 4 rings (SSSR count). The van der Waals surface area contributed by atoms with Gasteiger partial charge in [-0.3, -0.25) is 0 Å². The van der Waals surface area contributed by atoms with Crippen molar-refractivity contribution in [2.24, 2.45) is 0 Å². The highest BCUT2D eigenvalue weighted by atomic mass is 35.5. The molecule has 0 saturated carbocycles. The molecule has 4 aromatic rings. The van der Waals surface area contributed by atoms with Crippen molar-refractivity contribution in [2.45, 2.75) is 19.9 Å². The van der Waals surface area contributed by atoms with Crippen molar-refractivity contribution in [2.75, 3.05) is 13.7 Å². The number of methoxy groups -OCH3 is 1. The van der Waals surface area contributed by atoms with Crippen LogP contribution in [-0.2, 0) is 6.54 Å². The molecule has 32 heavy (non-hydrogen) atoms. The van der Waals surface area contributed by atoms with Crippen LogP contribution in [0.1, 0.15) is 18.9 Å². The first-order valence-electron chi connectivity index (χ1n) is 10.4. The summed E-state index contributed by atoms with van der Waals surface area (Å²) in [6.07, 6.45) is 4.81. The third kappa shape index (κ3) is 4.77. The monoisotopic (exact) mass is 466 g/mol. The number of imidazole rings is 1. The number of benzene rings is 3. The summed E-state index contributed by atoms with van der Waals surface area (Å²) in [5.74, 6) is 2.28. The summed E-state index contributed by atoms with van der Waals surface area (Å²) in [4.78, 5) is 4.83. The molecule has 0 aliphatic rings. The van der Waals surface area contributed by atoms with E-state index in [-0.39, 0.29) is 0 Å². The number of allylic oxidation sites excluding steroid dienone is 1. The SMILES string of the molecule is C/C=C/c1ccc(OCCCn2c(-c3ccc(Cl)cc3Cl)nc3ccccc32)c(OC)c1. The lowest BCUT2D eigenvalue weighted by atomic mass is 10.2. The van der Waals surface area contributed by atoms with Gasteiger partial charge in [-0.25, -0.2) is 4.98 Å². The molecule has 3 aromatic carbocycles. The van der Waals surface area contributed by atoms with Crippen LogP contribution < -0.4 is 9.47 Å². The molecule has 0 amide bonds. The fraction of sp³-hybridized carbons (Fsp3) is 0.192. The van der Waals surface area contributed by atoms with E-state index < -0.39 is 0 Å². The van der Waals surface area contributed by atoms with Crippen LogP contribution in [0.15, 0.2) is 66.7 Å². The summed E-state index contributed by atoms with van der Waals surface area (Å²) in [6, 6.07) is 19.5. The van der Waals surface area contributed by atoms with E-state index in [1.807, 2.05) is 67.6 Å². The first-order chi connectivity index (χ1) is 15.6. The second-order valence-corrected chi connectivity index (χ2v) is 8.16. The highest BCUT2D eigenvalue weighted by molar-refractivity contribution is 6.36. The van der Waals surface area contributed by atoms with Crippen LogP contribution in [0.5, 0.6) is 11.5 Å². The summed E-state index contributed by atoms with van der Waals surface area (Å²) in [5, 5.41) is 1.18. The third-order valence-corrected chi connectivity index (χ3v) is 5.70. The number of rotatable bonds is 8. The Labute approximate surface area is 198 Å². The summed E-state index contributed by atoms with van der Waals surface area (Å²) >= 11 is 12.6. The molecule has 0 N–H and O–H groups in total. The van der Waals surface area contributed by atoms with Gasteiger partial charge in [-0.1, -0.05) is 53.6 Å². The quantitative estimate of drug-likeness (QED) is 0.252. The lowest BCUT2D eigenvalue weighted by Gasteiger charge is -2.13. The molecule has 4 nitrogen and oxygen atoms in total. The summed E-state index contributed by atoms with van der Waals surface area (Å²) < 4.78 is 13.7. The molecule has 0 aliphatic carbocycles. The molecular formula is C26H24Cl2N2O2. The highest BCUT2D eigenvalue weighted by Gasteiger charge is 2.15. The zero-order chi connectivity index (χ0) is 22.5. The molecule has 0 aliphatic heterocycles. The molecule has 0 spiro atoms. The molecule has 6 heteroatoms. The minimum absolute atomic E-state index is 0.541. The lowest BCUT2D eigenvalue weighted by Crippen LogP contribution is -2.07. The summed E-state index contributed by atoms with van der Waals surface area (Å²) in [5.41, 5.74) is 3.91. The summed E-state index contributed by atoms with van der Waals surface area (Å²) in [6.45, 7) is 3.26. The van der Waals surface area contributed by atoms with Crippen LogP contribution in [0.4, 0.5) is 0 Å². The number of fused-ring (bicyclic) bond motifs is 1. The third-order valence-electron chi connectivity index (χ3n) is 5.16. The Morgan fingerprint density at radius 2 is 1.84 bits per heavy atom. The van der Waals surface area contributed by atoms with Gasteiger partial charge in [0.25, 0.3) is 0 Å². The molecule has 1 heterocycles. The van der Waals surface area contributed by atoms with Gasteiger partial charge in [-0.05, 0) is 61.4 Å². The largest absolute Gasteiger partial charge is 0.493 e. The van der Waals surface area contributed by atoms with Gasteiger partial charge in [0.15, 0.2) is 11.5 Å². The van der Waals surface area contributed by atoms with Crippen molar-refractivity contribution in [1.82, 2.24) is 9.55 Å². The van der Waals surface area contributed by atoms with Crippen LogP contribution in [0.25, 0.3) is 28.5 Å². The number of ether oxygens (including phenoxy) is 2. The Morgan fingerprint density at radius 3 is 2.62 bits per heavy atom. The lowest BCUT2D eigenvalue weighted by molar-refractivity contribution is 0.283. The highest BCUT2D eigenvalue weighted by Crippen LogP contribution is 2.33. The van der Waals surface area contributed by atoms with Crippen molar-refractivity contribution in [3.8, 4) is 22.9 Å². The number of aryl methyl sites for hydroxylation is 1. The minimum Gasteiger partial charge on any atom is -0.493 e. The molecular weight excluding hydrogens is 443 g/mol. The number of nitrogens with zero attached hydrogens (tertiary/aromatic N) is 2. The zero-order valence-electron chi connectivity index (χ0n) is 18.0. The number of aromatic nitrogens is 2. The van der Waals surface area contributed by atoms with Gasteiger partial charge in [-0.15, -0.1) is 0 Å². The van der Waals surface area contributed by atoms with Crippen LogP contribution in [0, 0.1) is 0 Å². The molecule has 0 saturated heterocycles. The van der Waals surface area contributed by atoms with Gasteiger partial charge >= 0.3 is 0 Å². The standard InChI is InChI=1S/C26H24Cl2N2O2/c1-3-7-18-10-13-24(25(16-18)31-2)32-15-6-14-30-23-9-5-4-8-22(23)29-26(30)20-12-11-19(27)17-21(20)28/h3-5,7-13,16-17H,6,14-15H2,1-2H3/b7-3+. The second kappa shape index (κ2) is 10.1. The molecule has 0 radical (unpaired) electrons. The zero-order valence-corrected chi connectivity index (χ0v) is 19.5. The molecule has 164 valence electrons. The van der Waals surface area contributed by atoms with E-state index in [9.17, 15) is 0 Å². The van der Waals surface area contributed by atoms with Crippen molar-refractivity contribution >= 4 is 40.3 Å². The van der Waals surface area contributed by atoms with Crippen LogP contribution >= 0.6 is 23.2 Å². The number of hydrogen-bond acceptors (Lipinski definition) is 3. The second-order valence-electron chi connectivity index (χ2n) is 7.31. The number of hydrogen-bond donors (Lipinski definition) is 0. The fourth-order valence-corrected chi connectivity index (χ4v) is 4.18. The van der Waals surface area contributed by atoms with Crippen molar-refractivity contribution in [1.29, 1.82) is 0 Å². The predicted octanol–water partition coefficient (Wildman–Crippen LogP) is 7.52. The molecule has 0 atom stereocenters. The molecule has 0 bridgehead atoms. The number of halogens is 2. The normalized spacial score (nSPS) is 11.4. The summed E-state index contributed by atoms with van der Waals surface area (Å²) in [7, 11) is 1.65. The average molecular weight is 467 g/mol. The van der Waals surface area contributed by atoms with Crippen LogP contribution in [-0.4, -0.2) is 23.3 Å². The van der Waals surface area contributed by atoms with Crippen molar-refractivity contribution in [3.63, 3.8) is 0 Å². The number of para-hydroxylation sites is 2. The van der Waals surface area contributed by atoms with Gasteiger partial charge in [-0.2, -0.15) is 0 Å². The van der Waals surface area contributed by atoms with E-state index in [0.717, 1.165) is 52.4 Å². The van der Waals surface area contributed by atoms with Gasteiger partial charge in [0, 0.05) is 17.1 Å². The van der Waals surface area contributed by atoms with E-state index >= 15 is 0 Å². The Morgan fingerprint density at radius 1 is 1.00 bits per heavy atom. The fourth-order valence-electron chi connectivity index (χ4n) is 3.68. The van der Waals surface area contributed by atoms with Crippen molar-refractivity contribution < 1.29 is 9.47 Å². The first-order valence-corrected chi connectivity index (χ1v) is 11.2. The predicted molar refractivity (Wildman–Crippen MR) is 133 cm³/mol. The van der Waals surface area contributed by atoms with E-state index in [1.54, 1.807) is 13.2 Å².